The molecule has 8 heteroatoms. The molecular formula is C20H13ClN2O5. The van der Waals surface area contributed by atoms with Gasteiger partial charge in [-0.1, -0.05) is 29.8 Å². The summed E-state index contributed by atoms with van der Waals surface area (Å²) >= 11 is 5.91. The lowest BCUT2D eigenvalue weighted by Gasteiger charge is -2.11. The molecule has 0 radical (unpaired) electrons. The van der Waals surface area contributed by atoms with Crippen LogP contribution in [0.25, 0.3) is 21.9 Å². The minimum absolute atomic E-state index is 0.149. The van der Waals surface area contributed by atoms with Crippen LogP contribution in [0.4, 0.5) is 11.4 Å². The molecule has 0 saturated heterocycles. The minimum atomic E-state index is -0.678. The van der Waals surface area contributed by atoms with Gasteiger partial charge < -0.3 is 14.5 Å². The van der Waals surface area contributed by atoms with Gasteiger partial charge in [-0.25, -0.2) is 0 Å². The molecule has 0 saturated carbocycles. The Hall–Kier alpha value is -3.58. The SMILES string of the molecule is COc1cc2c(cc1NC(=O)c1cc(Cl)ccc1[N+](=O)[O-])oc1ccccc12. The number of nitro benzene ring substituents is 1. The van der Waals surface area contributed by atoms with Gasteiger partial charge in [0.1, 0.15) is 22.5 Å². The van der Waals surface area contributed by atoms with E-state index in [1.807, 2.05) is 24.3 Å². The molecule has 1 aromatic heterocycles. The summed E-state index contributed by atoms with van der Waals surface area (Å²) in [6, 6.07) is 14.7. The molecule has 0 atom stereocenters. The molecule has 1 amide bonds. The van der Waals surface area contributed by atoms with Crippen LogP contribution in [0.5, 0.6) is 5.75 Å². The summed E-state index contributed by atoms with van der Waals surface area (Å²) in [5.41, 5.74) is 1.09. The number of rotatable bonds is 4. The molecule has 0 aliphatic heterocycles. The van der Waals surface area contributed by atoms with E-state index < -0.39 is 10.8 Å². The average Bonchev–Trinajstić information content (AvgIpc) is 3.04. The summed E-state index contributed by atoms with van der Waals surface area (Å²) < 4.78 is 11.2. The molecule has 4 aromatic rings. The minimum Gasteiger partial charge on any atom is -0.495 e. The fraction of sp³-hybridized carbons (Fsp3) is 0.0500. The lowest BCUT2D eigenvalue weighted by Crippen LogP contribution is -2.14. The van der Waals surface area contributed by atoms with Crippen molar-refractivity contribution >= 4 is 50.8 Å². The number of hydrogen-bond acceptors (Lipinski definition) is 5. The number of anilines is 1. The summed E-state index contributed by atoms with van der Waals surface area (Å²) in [5.74, 6) is -0.278. The maximum absolute atomic E-state index is 12.7. The summed E-state index contributed by atoms with van der Waals surface area (Å²) in [6.45, 7) is 0. The number of amides is 1. The van der Waals surface area contributed by atoms with Crippen LogP contribution in [0, 0.1) is 10.1 Å². The van der Waals surface area contributed by atoms with Crippen LogP contribution in [-0.2, 0) is 0 Å². The Morgan fingerprint density at radius 1 is 1.11 bits per heavy atom. The van der Waals surface area contributed by atoms with E-state index >= 15 is 0 Å². The van der Waals surface area contributed by atoms with Crippen molar-refractivity contribution in [1.29, 1.82) is 0 Å². The number of halogens is 1. The van der Waals surface area contributed by atoms with Crippen LogP contribution in [0.2, 0.25) is 5.02 Å². The molecule has 28 heavy (non-hydrogen) atoms. The smallest absolute Gasteiger partial charge is 0.282 e. The Labute approximate surface area is 163 Å². The first kappa shape index (κ1) is 17.8. The van der Waals surface area contributed by atoms with E-state index in [-0.39, 0.29) is 16.3 Å². The summed E-state index contributed by atoms with van der Waals surface area (Å²) in [4.78, 5) is 23.3. The highest BCUT2D eigenvalue weighted by atomic mass is 35.5. The predicted molar refractivity (Wildman–Crippen MR) is 106 cm³/mol. The molecule has 140 valence electrons. The zero-order valence-electron chi connectivity index (χ0n) is 14.6. The zero-order valence-corrected chi connectivity index (χ0v) is 15.3. The second-order valence-corrected chi connectivity index (χ2v) is 6.46. The summed E-state index contributed by atoms with van der Waals surface area (Å²) in [7, 11) is 1.47. The first-order valence-electron chi connectivity index (χ1n) is 8.22. The number of ether oxygens (including phenoxy) is 1. The van der Waals surface area contributed by atoms with Crippen LogP contribution >= 0.6 is 11.6 Å². The highest BCUT2D eigenvalue weighted by Gasteiger charge is 2.22. The Bertz CT molecular complexity index is 1250. The van der Waals surface area contributed by atoms with Crippen molar-refractivity contribution in [2.45, 2.75) is 0 Å². The fourth-order valence-electron chi connectivity index (χ4n) is 3.06. The van der Waals surface area contributed by atoms with Gasteiger partial charge in [0.2, 0.25) is 0 Å². The number of nitrogens with zero attached hydrogens (tertiary/aromatic N) is 1. The Kier molecular flexibility index (Phi) is 4.37. The van der Waals surface area contributed by atoms with Gasteiger partial charge >= 0.3 is 0 Å². The number of hydrogen-bond donors (Lipinski definition) is 1. The summed E-state index contributed by atoms with van der Waals surface area (Å²) in [5, 5.41) is 15.8. The molecule has 7 nitrogen and oxygen atoms in total. The third-order valence-corrected chi connectivity index (χ3v) is 4.58. The topological polar surface area (TPSA) is 94.6 Å². The number of fused-ring (bicyclic) bond motifs is 3. The van der Waals surface area contributed by atoms with Crippen molar-refractivity contribution < 1.29 is 18.9 Å². The van der Waals surface area contributed by atoms with Gasteiger partial charge in [-0.3, -0.25) is 14.9 Å². The van der Waals surface area contributed by atoms with Crippen molar-refractivity contribution in [3.05, 3.63) is 75.3 Å². The van der Waals surface area contributed by atoms with Gasteiger partial charge in [0, 0.05) is 27.9 Å². The van der Waals surface area contributed by atoms with Gasteiger partial charge in [-0.2, -0.15) is 0 Å². The first-order chi connectivity index (χ1) is 13.5. The lowest BCUT2D eigenvalue weighted by atomic mass is 10.1. The van der Waals surface area contributed by atoms with Crippen molar-refractivity contribution in [2.24, 2.45) is 0 Å². The molecule has 0 spiro atoms. The van der Waals surface area contributed by atoms with Crippen molar-refractivity contribution in [3.63, 3.8) is 0 Å². The molecule has 0 unspecified atom stereocenters. The number of benzene rings is 3. The first-order valence-corrected chi connectivity index (χ1v) is 8.60. The van der Waals surface area contributed by atoms with Crippen molar-refractivity contribution in [1.82, 2.24) is 0 Å². The number of para-hydroxylation sites is 1. The standard InChI is InChI=1S/C20H13ClN2O5/c1-27-19-9-13-12-4-2-3-5-17(12)28-18(13)10-15(19)22-20(24)14-8-11(21)6-7-16(14)23(25)26/h2-10H,1H3,(H,22,24). The summed E-state index contributed by atoms with van der Waals surface area (Å²) in [6.07, 6.45) is 0. The van der Waals surface area contributed by atoms with Crippen LogP contribution in [0.1, 0.15) is 10.4 Å². The second-order valence-electron chi connectivity index (χ2n) is 6.02. The highest BCUT2D eigenvalue weighted by Crippen LogP contribution is 2.37. The monoisotopic (exact) mass is 396 g/mol. The number of furan rings is 1. The number of nitro groups is 1. The molecule has 4 rings (SSSR count). The number of carbonyl (C=O) groups is 1. The quantitative estimate of drug-likeness (QED) is 0.367. The van der Waals surface area contributed by atoms with Gasteiger partial charge in [-0.05, 0) is 24.3 Å². The molecule has 1 N–H and O–H groups in total. The normalized spacial score (nSPS) is 10.9. The van der Waals surface area contributed by atoms with E-state index in [2.05, 4.69) is 5.32 Å². The van der Waals surface area contributed by atoms with E-state index in [1.54, 1.807) is 12.1 Å². The lowest BCUT2D eigenvalue weighted by molar-refractivity contribution is -0.385. The largest absolute Gasteiger partial charge is 0.495 e. The van der Waals surface area contributed by atoms with Crippen LogP contribution in [0.15, 0.2) is 59.0 Å². The zero-order chi connectivity index (χ0) is 19.8. The molecule has 1 heterocycles. The van der Waals surface area contributed by atoms with E-state index in [0.717, 1.165) is 10.8 Å². The van der Waals surface area contributed by atoms with E-state index in [9.17, 15) is 14.9 Å². The maximum atomic E-state index is 12.7. The van der Waals surface area contributed by atoms with E-state index in [1.165, 1.54) is 25.3 Å². The second kappa shape index (κ2) is 6.86. The molecule has 0 aliphatic carbocycles. The number of nitrogens with one attached hydrogen (secondary N) is 1. The van der Waals surface area contributed by atoms with Crippen LogP contribution in [-0.4, -0.2) is 17.9 Å². The highest BCUT2D eigenvalue weighted by molar-refractivity contribution is 6.31. The van der Waals surface area contributed by atoms with Crippen LogP contribution < -0.4 is 10.1 Å². The number of methoxy groups -OCH3 is 1. The van der Waals surface area contributed by atoms with Gasteiger partial charge in [-0.15, -0.1) is 0 Å². The van der Waals surface area contributed by atoms with Crippen molar-refractivity contribution in [3.8, 4) is 5.75 Å². The number of carbonyl (C=O) groups excluding carboxylic acids is 1. The van der Waals surface area contributed by atoms with Gasteiger partial charge in [0.15, 0.2) is 0 Å². The van der Waals surface area contributed by atoms with Crippen LogP contribution in [0.3, 0.4) is 0 Å². The predicted octanol–water partition coefficient (Wildman–Crippen LogP) is 5.41. The maximum Gasteiger partial charge on any atom is 0.282 e. The third-order valence-electron chi connectivity index (χ3n) is 4.35. The fourth-order valence-corrected chi connectivity index (χ4v) is 3.23. The van der Waals surface area contributed by atoms with E-state index in [4.69, 9.17) is 20.8 Å². The Morgan fingerprint density at radius 3 is 2.64 bits per heavy atom. The van der Waals surface area contributed by atoms with Gasteiger partial charge in [0.05, 0.1) is 17.7 Å². The average molecular weight is 397 g/mol. The molecule has 0 fully saturated rings. The third kappa shape index (κ3) is 3.01. The molecule has 0 bridgehead atoms. The van der Waals surface area contributed by atoms with Gasteiger partial charge in [0.25, 0.3) is 11.6 Å². The molecule has 3 aromatic carbocycles. The Balaban J connectivity index is 1.79. The van der Waals surface area contributed by atoms with E-state index in [0.29, 0.717) is 22.6 Å². The molecule has 0 aliphatic rings. The Morgan fingerprint density at radius 2 is 1.89 bits per heavy atom. The van der Waals surface area contributed by atoms with Crippen molar-refractivity contribution in [2.75, 3.05) is 12.4 Å². The molecular weight excluding hydrogens is 384 g/mol.